The largest absolute Gasteiger partial charge is 0.309 e. The number of nitrogens with zero attached hydrogens (tertiary/aromatic N) is 1. The lowest BCUT2D eigenvalue weighted by atomic mass is 9.98. The lowest BCUT2D eigenvalue weighted by molar-refractivity contribution is 0.0978. The van der Waals surface area contributed by atoms with E-state index in [1.54, 1.807) is 0 Å². The van der Waals surface area contributed by atoms with Crippen LogP contribution in [-0.4, -0.2) is 29.6 Å². The highest BCUT2D eigenvalue weighted by Gasteiger charge is 2.29. The number of halogens is 1. The molecular weight excluding hydrogens is 232 g/mol. The van der Waals surface area contributed by atoms with Gasteiger partial charge in [0.2, 0.25) is 0 Å². The molecule has 0 bridgehead atoms. The van der Waals surface area contributed by atoms with Gasteiger partial charge in [0.25, 0.3) is 0 Å². The first kappa shape index (κ1) is 12.9. The van der Waals surface area contributed by atoms with Crippen molar-refractivity contribution < 1.29 is 0 Å². The van der Waals surface area contributed by atoms with Crippen LogP contribution in [-0.2, 0) is 6.54 Å². The third kappa shape index (κ3) is 3.44. The van der Waals surface area contributed by atoms with E-state index in [-0.39, 0.29) is 5.54 Å². The summed E-state index contributed by atoms with van der Waals surface area (Å²) in [5, 5.41) is 4.39. The lowest BCUT2D eigenvalue weighted by Crippen LogP contribution is -2.60. The van der Waals surface area contributed by atoms with E-state index in [9.17, 15) is 0 Å². The van der Waals surface area contributed by atoms with Gasteiger partial charge in [-0.15, -0.1) is 0 Å². The first-order chi connectivity index (χ1) is 7.96. The normalized spacial score (nSPS) is 24.8. The zero-order chi connectivity index (χ0) is 12.5. The van der Waals surface area contributed by atoms with Gasteiger partial charge in [-0.1, -0.05) is 23.7 Å². The fourth-order valence-corrected chi connectivity index (χ4v) is 2.57. The van der Waals surface area contributed by atoms with Gasteiger partial charge < -0.3 is 5.32 Å². The van der Waals surface area contributed by atoms with E-state index < -0.39 is 0 Å². The van der Waals surface area contributed by atoms with E-state index in [1.165, 1.54) is 5.56 Å². The maximum Gasteiger partial charge on any atom is 0.0409 e. The third-order valence-electron chi connectivity index (χ3n) is 3.37. The minimum absolute atomic E-state index is 0.199. The number of rotatable bonds is 2. The van der Waals surface area contributed by atoms with E-state index in [4.69, 9.17) is 11.6 Å². The van der Waals surface area contributed by atoms with Crippen LogP contribution in [0, 0.1) is 0 Å². The molecule has 1 aromatic carbocycles. The van der Waals surface area contributed by atoms with E-state index in [1.807, 2.05) is 12.1 Å². The predicted molar refractivity (Wildman–Crippen MR) is 73.4 cm³/mol. The summed E-state index contributed by atoms with van der Waals surface area (Å²) in [6.45, 7) is 9.88. The topological polar surface area (TPSA) is 15.3 Å². The lowest BCUT2D eigenvalue weighted by Gasteiger charge is -2.43. The molecule has 1 aromatic rings. The molecule has 3 heteroatoms. The maximum atomic E-state index is 6.02. The Morgan fingerprint density at radius 1 is 1.47 bits per heavy atom. The Morgan fingerprint density at radius 2 is 2.24 bits per heavy atom. The summed E-state index contributed by atoms with van der Waals surface area (Å²) in [7, 11) is 0. The molecule has 0 radical (unpaired) electrons. The van der Waals surface area contributed by atoms with Gasteiger partial charge in [-0.25, -0.2) is 0 Å². The number of benzene rings is 1. The van der Waals surface area contributed by atoms with Crippen molar-refractivity contribution in [2.24, 2.45) is 0 Å². The van der Waals surface area contributed by atoms with E-state index in [0.717, 1.165) is 24.7 Å². The average molecular weight is 253 g/mol. The molecular formula is C14H21ClN2. The van der Waals surface area contributed by atoms with E-state index in [0.29, 0.717) is 6.04 Å². The molecule has 1 aliphatic heterocycles. The summed E-state index contributed by atoms with van der Waals surface area (Å²) >= 11 is 6.02. The molecule has 0 amide bonds. The van der Waals surface area contributed by atoms with Crippen LogP contribution in [0.2, 0.25) is 5.02 Å². The highest BCUT2D eigenvalue weighted by atomic mass is 35.5. The van der Waals surface area contributed by atoms with Crippen molar-refractivity contribution in [2.45, 2.75) is 38.9 Å². The molecule has 0 saturated carbocycles. The van der Waals surface area contributed by atoms with Crippen LogP contribution < -0.4 is 5.32 Å². The summed E-state index contributed by atoms with van der Waals surface area (Å²) in [6, 6.07) is 8.73. The molecule has 94 valence electrons. The third-order valence-corrected chi connectivity index (χ3v) is 3.61. The van der Waals surface area contributed by atoms with Crippen molar-refractivity contribution in [3.63, 3.8) is 0 Å². The molecule has 1 unspecified atom stereocenters. The van der Waals surface area contributed by atoms with Crippen LogP contribution in [0.15, 0.2) is 24.3 Å². The zero-order valence-corrected chi connectivity index (χ0v) is 11.6. The first-order valence-electron chi connectivity index (χ1n) is 6.20. The van der Waals surface area contributed by atoms with Gasteiger partial charge in [0.05, 0.1) is 0 Å². The van der Waals surface area contributed by atoms with Crippen LogP contribution in [0.3, 0.4) is 0 Å². The molecule has 1 atom stereocenters. The maximum absolute atomic E-state index is 6.02. The minimum atomic E-state index is 0.199. The molecule has 17 heavy (non-hydrogen) atoms. The quantitative estimate of drug-likeness (QED) is 0.871. The van der Waals surface area contributed by atoms with Crippen molar-refractivity contribution in [3.05, 3.63) is 34.9 Å². The van der Waals surface area contributed by atoms with Gasteiger partial charge in [-0.2, -0.15) is 0 Å². The van der Waals surface area contributed by atoms with Gasteiger partial charge in [0.15, 0.2) is 0 Å². The van der Waals surface area contributed by atoms with Gasteiger partial charge in [0.1, 0.15) is 0 Å². The SMILES string of the molecule is CC1CNC(C)(C)CN1Cc1cccc(Cl)c1. The Labute approximate surface area is 109 Å². The monoisotopic (exact) mass is 252 g/mol. The molecule has 2 rings (SSSR count). The Morgan fingerprint density at radius 3 is 2.94 bits per heavy atom. The molecule has 1 aliphatic rings. The number of nitrogens with one attached hydrogen (secondary N) is 1. The molecule has 0 aliphatic carbocycles. The standard InChI is InChI=1S/C14H21ClN2/c1-11-8-16-14(2,3)10-17(11)9-12-5-4-6-13(15)7-12/h4-7,11,16H,8-10H2,1-3H3. The van der Waals surface area contributed by atoms with Crippen molar-refractivity contribution in [3.8, 4) is 0 Å². The van der Waals surface area contributed by atoms with Crippen LogP contribution >= 0.6 is 11.6 Å². The van der Waals surface area contributed by atoms with Crippen molar-refractivity contribution in [1.82, 2.24) is 10.2 Å². The average Bonchev–Trinajstić information content (AvgIpc) is 2.23. The molecule has 0 aromatic heterocycles. The predicted octanol–water partition coefficient (Wildman–Crippen LogP) is 2.91. The fourth-order valence-electron chi connectivity index (χ4n) is 2.35. The van der Waals surface area contributed by atoms with Crippen LogP contribution in [0.5, 0.6) is 0 Å². The Balaban J connectivity index is 2.06. The summed E-state index contributed by atoms with van der Waals surface area (Å²) in [4.78, 5) is 2.52. The van der Waals surface area contributed by atoms with Crippen molar-refractivity contribution in [1.29, 1.82) is 0 Å². The van der Waals surface area contributed by atoms with Gasteiger partial charge in [-0.3, -0.25) is 4.90 Å². The van der Waals surface area contributed by atoms with Gasteiger partial charge in [-0.05, 0) is 38.5 Å². The molecule has 1 N–H and O–H groups in total. The summed E-state index contributed by atoms with van der Waals surface area (Å²) < 4.78 is 0. The Bertz CT molecular complexity index is 390. The van der Waals surface area contributed by atoms with Crippen molar-refractivity contribution in [2.75, 3.05) is 13.1 Å². The molecule has 2 nitrogen and oxygen atoms in total. The van der Waals surface area contributed by atoms with Crippen molar-refractivity contribution >= 4 is 11.6 Å². The second-order valence-corrected chi connectivity index (χ2v) is 6.09. The van der Waals surface area contributed by atoms with Crippen LogP contribution in [0.1, 0.15) is 26.3 Å². The molecule has 1 fully saturated rings. The first-order valence-corrected chi connectivity index (χ1v) is 6.58. The van der Waals surface area contributed by atoms with Gasteiger partial charge >= 0.3 is 0 Å². The molecule has 0 spiro atoms. The smallest absolute Gasteiger partial charge is 0.0409 e. The molecule has 1 heterocycles. The number of hydrogen-bond acceptors (Lipinski definition) is 2. The van der Waals surface area contributed by atoms with Gasteiger partial charge in [0, 0.05) is 36.2 Å². The fraction of sp³-hybridized carbons (Fsp3) is 0.571. The van der Waals surface area contributed by atoms with Crippen LogP contribution in [0.25, 0.3) is 0 Å². The zero-order valence-electron chi connectivity index (χ0n) is 10.8. The second kappa shape index (κ2) is 4.97. The number of piperazine rings is 1. The minimum Gasteiger partial charge on any atom is -0.309 e. The Hall–Kier alpha value is -0.570. The summed E-state index contributed by atoms with van der Waals surface area (Å²) in [6.07, 6.45) is 0. The second-order valence-electron chi connectivity index (χ2n) is 5.65. The van der Waals surface area contributed by atoms with E-state index in [2.05, 4.69) is 43.1 Å². The summed E-state index contributed by atoms with van der Waals surface area (Å²) in [5.41, 5.74) is 1.49. The summed E-state index contributed by atoms with van der Waals surface area (Å²) in [5.74, 6) is 0. The van der Waals surface area contributed by atoms with E-state index >= 15 is 0 Å². The van der Waals surface area contributed by atoms with Crippen LogP contribution in [0.4, 0.5) is 0 Å². The highest BCUT2D eigenvalue weighted by Crippen LogP contribution is 2.19. The molecule has 1 saturated heterocycles. The highest BCUT2D eigenvalue weighted by molar-refractivity contribution is 6.30. The Kier molecular flexibility index (Phi) is 3.76. The number of hydrogen-bond donors (Lipinski definition) is 1.